The van der Waals surface area contributed by atoms with Crippen LogP contribution in [0.3, 0.4) is 0 Å². The predicted molar refractivity (Wildman–Crippen MR) is 52.0 cm³/mol. The number of hydrogen-bond donors (Lipinski definition) is 1. The molecule has 0 aliphatic heterocycles. The van der Waals surface area contributed by atoms with Crippen molar-refractivity contribution in [2.75, 3.05) is 6.54 Å². The lowest BCUT2D eigenvalue weighted by Crippen LogP contribution is -2.28. The van der Waals surface area contributed by atoms with E-state index in [-0.39, 0.29) is 0 Å². The first kappa shape index (κ1) is 9.02. The average molecular weight is 178 g/mol. The number of nitrogens with one attached hydrogen (secondary N) is 1. The normalized spacial score (nSPS) is 43.1. The van der Waals surface area contributed by atoms with Crippen LogP contribution in [0.25, 0.3) is 0 Å². The fourth-order valence-corrected chi connectivity index (χ4v) is 2.29. The van der Waals surface area contributed by atoms with Crippen molar-refractivity contribution in [1.29, 1.82) is 5.26 Å². The van der Waals surface area contributed by atoms with Gasteiger partial charge in [-0.2, -0.15) is 5.26 Å². The van der Waals surface area contributed by atoms with E-state index in [2.05, 4.69) is 18.3 Å². The van der Waals surface area contributed by atoms with E-state index < -0.39 is 0 Å². The highest BCUT2D eigenvalue weighted by Crippen LogP contribution is 2.37. The highest BCUT2D eigenvalue weighted by molar-refractivity contribution is 4.94. The molecular formula is C11H18N2. The minimum Gasteiger partial charge on any atom is -0.314 e. The van der Waals surface area contributed by atoms with Crippen molar-refractivity contribution in [3.63, 3.8) is 0 Å². The Morgan fingerprint density at radius 3 is 2.69 bits per heavy atom. The number of nitriles is 1. The molecule has 2 fully saturated rings. The summed E-state index contributed by atoms with van der Waals surface area (Å²) in [7, 11) is 0. The van der Waals surface area contributed by atoms with Gasteiger partial charge in [0.1, 0.15) is 0 Å². The van der Waals surface area contributed by atoms with Gasteiger partial charge in [-0.1, -0.05) is 6.92 Å². The van der Waals surface area contributed by atoms with Gasteiger partial charge in [0.05, 0.1) is 6.07 Å². The Morgan fingerprint density at radius 1 is 1.38 bits per heavy atom. The molecule has 13 heavy (non-hydrogen) atoms. The minimum absolute atomic E-state index is 0.328. The van der Waals surface area contributed by atoms with Crippen LogP contribution >= 0.6 is 0 Å². The van der Waals surface area contributed by atoms with Crippen molar-refractivity contribution in [1.82, 2.24) is 5.32 Å². The highest BCUT2D eigenvalue weighted by Gasteiger charge is 2.33. The maximum atomic E-state index is 8.74. The molecular weight excluding hydrogens is 160 g/mol. The smallest absolute Gasteiger partial charge is 0.0656 e. The van der Waals surface area contributed by atoms with E-state index in [0.29, 0.717) is 12.0 Å². The van der Waals surface area contributed by atoms with Crippen LogP contribution in [-0.2, 0) is 0 Å². The molecule has 0 saturated heterocycles. The van der Waals surface area contributed by atoms with E-state index >= 15 is 0 Å². The third kappa shape index (κ3) is 2.22. The zero-order valence-electron chi connectivity index (χ0n) is 8.29. The Hall–Kier alpha value is -0.550. The molecule has 0 aromatic rings. The Bertz CT molecular complexity index is 219. The highest BCUT2D eigenvalue weighted by atomic mass is 14.9. The molecule has 4 atom stereocenters. The van der Waals surface area contributed by atoms with Crippen molar-refractivity contribution < 1.29 is 0 Å². The van der Waals surface area contributed by atoms with Crippen LogP contribution in [0.15, 0.2) is 0 Å². The Labute approximate surface area is 80.3 Å². The zero-order valence-corrected chi connectivity index (χ0v) is 8.29. The van der Waals surface area contributed by atoms with Crippen LogP contribution in [0.4, 0.5) is 0 Å². The van der Waals surface area contributed by atoms with E-state index in [0.717, 1.165) is 24.7 Å². The molecule has 2 nitrogen and oxygen atoms in total. The first-order chi connectivity index (χ1) is 6.29. The van der Waals surface area contributed by atoms with Crippen LogP contribution in [0.1, 0.15) is 32.6 Å². The van der Waals surface area contributed by atoms with Crippen molar-refractivity contribution in [3.05, 3.63) is 0 Å². The second kappa shape index (κ2) is 3.67. The fraction of sp³-hybridized carbons (Fsp3) is 0.909. The molecule has 0 amide bonds. The summed E-state index contributed by atoms with van der Waals surface area (Å²) < 4.78 is 0. The quantitative estimate of drug-likeness (QED) is 0.716. The maximum absolute atomic E-state index is 8.74. The number of rotatable bonds is 3. The molecule has 4 unspecified atom stereocenters. The third-order valence-electron chi connectivity index (χ3n) is 3.56. The zero-order chi connectivity index (χ0) is 9.26. The third-order valence-corrected chi connectivity index (χ3v) is 3.56. The lowest BCUT2D eigenvalue weighted by Gasteiger charge is -2.10. The summed E-state index contributed by atoms with van der Waals surface area (Å²) in [5.74, 6) is 2.20. The summed E-state index contributed by atoms with van der Waals surface area (Å²) in [6.45, 7) is 3.50. The molecule has 0 heterocycles. The van der Waals surface area contributed by atoms with E-state index in [9.17, 15) is 0 Å². The van der Waals surface area contributed by atoms with Crippen LogP contribution in [0, 0.1) is 29.1 Å². The van der Waals surface area contributed by atoms with Gasteiger partial charge < -0.3 is 5.32 Å². The van der Waals surface area contributed by atoms with Gasteiger partial charge in [0, 0.05) is 12.0 Å². The molecule has 2 rings (SSSR count). The lowest BCUT2D eigenvalue weighted by molar-refractivity contribution is 0.491. The van der Waals surface area contributed by atoms with Crippen molar-refractivity contribution >= 4 is 0 Å². The molecule has 0 radical (unpaired) electrons. The molecule has 2 heteroatoms. The van der Waals surface area contributed by atoms with Crippen molar-refractivity contribution in [2.24, 2.45) is 17.8 Å². The number of hydrogen-bond acceptors (Lipinski definition) is 2. The SMILES string of the molecule is CC1CC1CNC1CCC(C#N)C1. The van der Waals surface area contributed by atoms with Gasteiger partial charge >= 0.3 is 0 Å². The Morgan fingerprint density at radius 2 is 2.15 bits per heavy atom. The Kier molecular flexibility index (Phi) is 2.55. The minimum atomic E-state index is 0.328. The molecule has 2 aliphatic rings. The van der Waals surface area contributed by atoms with Gasteiger partial charge in [-0.25, -0.2) is 0 Å². The van der Waals surface area contributed by atoms with Crippen LogP contribution in [0.5, 0.6) is 0 Å². The van der Waals surface area contributed by atoms with E-state index in [1.807, 2.05) is 0 Å². The molecule has 0 spiro atoms. The summed E-state index contributed by atoms with van der Waals surface area (Å²) >= 11 is 0. The van der Waals surface area contributed by atoms with Crippen molar-refractivity contribution in [2.45, 2.75) is 38.6 Å². The molecule has 72 valence electrons. The van der Waals surface area contributed by atoms with E-state index in [1.54, 1.807) is 0 Å². The Balaban J connectivity index is 1.64. The van der Waals surface area contributed by atoms with E-state index in [4.69, 9.17) is 5.26 Å². The fourth-order valence-electron chi connectivity index (χ4n) is 2.29. The van der Waals surface area contributed by atoms with Crippen LogP contribution < -0.4 is 5.32 Å². The van der Waals surface area contributed by atoms with Gasteiger partial charge in [0.25, 0.3) is 0 Å². The van der Waals surface area contributed by atoms with Crippen molar-refractivity contribution in [3.8, 4) is 6.07 Å². The molecule has 1 N–H and O–H groups in total. The second-order valence-electron chi connectivity index (χ2n) is 4.72. The van der Waals surface area contributed by atoms with Gasteiger partial charge in [0.15, 0.2) is 0 Å². The molecule has 0 aromatic carbocycles. The van der Waals surface area contributed by atoms with Gasteiger partial charge in [-0.3, -0.25) is 0 Å². The standard InChI is InChI=1S/C11H18N2/c1-8-4-10(8)7-13-11-3-2-9(5-11)6-12/h8-11,13H,2-5,7H2,1H3. The predicted octanol–water partition coefficient (Wildman–Crippen LogP) is 1.92. The topological polar surface area (TPSA) is 35.8 Å². The monoisotopic (exact) mass is 178 g/mol. The van der Waals surface area contributed by atoms with Gasteiger partial charge in [-0.05, 0) is 44.1 Å². The van der Waals surface area contributed by atoms with Crippen LogP contribution in [0.2, 0.25) is 0 Å². The van der Waals surface area contributed by atoms with Crippen LogP contribution in [-0.4, -0.2) is 12.6 Å². The summed E-state index contributed by atoms with van der Waals surface area (Å²) in [4.78, 5) is 0. The van der Waals surface area contributed by atoms with Gasteiger partial charge in [-0.15, -0.1) is 0 Å². The number of nitrogens with zero attached hydrogens (tertiary/aromatic N) is 1. The largest absolute Gasteiger partial charge is 0.314 e. The molecule has 2 saturated carbocycles. The van der Waals surface area contributed by atoms with Gasteiger partial charge in [0.2, 0.25) is 0 Å². The molecule has 0 bridgehead atoms. The summed E-state index contributed by atoms with van der Waals surface area (Å²) in [6, 6.07) is 3.00. The summed E-state index contributed by atoms with van der Waals surface area (Å²) in [5.41, 5.74) is 0. The lowest BCUT2D eigenvalue weighted by atomic mass is 10.1. The van der Waals surface area contributed by atoms with E-state index in [1.165, 1.54) is 19.4 Å². The summed E-state index contributed by atoms with van der Waals surface area (Å²) in [5, 5.41) is 12.3. The maximum Gasteiger partial charge on any atom is 0.0656 e. The first-order valence-corrected chi connectivity index (χ1v) is 5.42. The molecule has 0 aromatic heterocycles. The molecule has 2 aliphatic carbocycles. The summed E-state index contributed by atoms with van der Waals surface area (Å²) in [6.07, 6.45) is 4.80. The second-order valence-corrected chi connectivity index (χ2v) is 4.72. The average Bonchev–Trinajstić information content (AvgIpc) is 2.68. The first-order valence-electron chi connectivity index (χ1n) is 5.42.